The second-order valence-electron chi connectivity index (χ2n) is 6.62. The van der Waals surface area contributed by atoms with E-state index < -0.39 is 11.7 Å². The molecule has 20 heavy (non-hydrogen) atoms. The molecule has 1 heterocycles. The van der Waals surface area contributed by atoms with Gasteiger partial charge < -0.3 is 9.84 Å². The zero-order chi connectivity index (χ0) is 14.8. The zero-order valence-corrected chi connectivity index (χ0v) is 14.1. The first-order valence-corrected chi connectivity index (χ1v) is 8.00. The van der Waals surface area contributed by atoms with Crippen molar-refractivity contribution in [1.82, 2.24) is 4.98 Å². The topological polar surface area (TPSA) is 42.4 Å². The number of halogens is 1. The van der Waals surface area contributed by atoms with Crippen LogP contribution >= 0.6 is 15.9 Å². The maximum Gasteiger partial charge on any atom is 0.0940 e. The van der Waals surface area contributed by atoms with E-state index in [1.807, 2.05) is 12.1 Å². The van der Waals surface area contributed by atoms with Crippen LogP contribution in [0, 0.1) is 5.41 Å². The van der Waals surface area contributed by atoms with Crippen molar-refractivity contribution >= 4 is 15.9 Å². The number of ether oxygens (including phenoxy) is 1. The third-order valence-corrected chi connectivity index (χ3v) is 5.12. The molecule has 1 fully saturated rings. The summed E-state index contributed by atoms with van der Waals surface area (Å²) in [5.74, 6) is 0. The Kier molecular flexibility index (Phi) is 4.88. The molecule has 112 valence electrons. The van der Waals surface area contributed by atoms with Crippen molar-refractivity contribution in [3.8, 4) is 0 Å². The Hall–Kier alpha value is -0.450. The van der Waals surface area contributed by atoms with Gasteiger partial charge in [-0.15, -0.1) is 0 Å². The minimum atomic E-state index is -0.503. The third-order valence-electron chi connectivity index (χ3n) is 4.65. The van der Waals surface area contributed by atoms with Gasteiger partial charge in [0.2, 0.25) is 0 Å². The van der Waals surface area contributed by atoms with E-state index in [0.29, 0.717) is 11.8 Å². The van der Waals surface area contributed by atoms with Gasteiger partial charge in [-0.25, -0.2) is 0 Å². The van der Waals surface area contributed by atoms with E-state index in [1.54, 1.807) is 13.3 Å². The minimum absolute atomic E-state index is 0.359. The number of aliphatic hydroxyl groups is 1. The summed E-state index contributed by atoms with van der Waals surface area (Å²) >= 11 is 3.38. The molecule has 0 bridgehead atoms. The Morgan fingerprint density at radius 3 is 2.45 bits per heavy atom. The predicted octanol–water partition coefficient (Wildman–Crippen LogP) is 3.73. The van der Waals surface area contributed by atoms with E-state index in [4.69, 9.17) is 4.74 Å². The quantitative estimate of drug-likeness (QED) is 0.907. The van der Waals surface area contributed by atoms with Crippen LogP contribution in [0.5, 0.6) is 0 Å². The minimum Gasteiger partial charge on any atom is -0.390 e. The Labute approximate surface area is 129 Å². The van der Waals surface area contributed by atoms with Gasteiger partial charge in [-0.05, 0) is 59.2 Å². The van der Waals surface area contributed by atoms with Crippen LogP contribution in [0.2, 0.25) is 0 Å². The summed E-state index contributed by atoms with van der Waals surface area (Å²) in [7, 11) is 1.72. The van der Waals surface area contributed by atoms with Crippen molar-refractivity contribution in [3.05, 3.63) is 28.5 Å². The normalized spacial score (nSPS) is 22.4. The summed E-state index contributed by atoms with van der Waals surface area (Å²) in [5.41, 5.74) is 0.851. The average molecular weight is 342 g/mol. The van der Waals surface area contributed by atoms with Crippen molar-refractivity contribution < 1.29 is 9.84 Å². The number of hydrogen-bond acceptors (Lipinski definition) is 3. The first-order chi connectivity index (χ1) is 9.37. The van der Waals surface area contributed by atoms with E-state index in [9.17, 15) is 5.11 Å². The van der Waals surface area contributed by atoms with Crippen molar-refractivity contribution in [1.29, 1.82) is 0 Å². The lowest BCUT2D eigenvalue weighted by molar-refractivity contribution is -0.135. The molecular formula is C16H24BrNO2. The van der Waals surface area contributed by atoms with Crippen LogP contribution in [0.15, 0.2) is 22.8 Å². The number of nitrogens with zero attached hydrogens (tertiary/aromatic N) is 1. The molecule has 2 rings (SSSR count). The first-order valence-electron chi connectivity index (χ1n) is 7.21. The zero-order valence-electron chi connectivity index (χ0n) is 12.5. The highest BCUT2D eigenvalue weighted by atomic mass is 79.9. The van der Waals surface area contributed by atoms with Gasteiger partial charge in [0.1, 0.15) is 0 Å². The molecule has 0 amide bonds. The number of aliphatic hydroxyl groups excluding tert-OH is 1. The molecule has 1 N–H and O–H groups in total. The van der Waals surface area contributed by atoms with Crippen LogP contribution in [0.25, 0.3) is 0 Å². The van der Waals surface area contributed by atoms with Gasteiger partial charge in [0.05, 0.1) is 11.7 Å². The molecule has 1 aliphatic carbocycles. The fourth-order valence-electron chi connectivity index (χ4n) is 2.93. The molecule has 3 nitrogen and oxygen atoms in total. The lowest BCUT2D eigenvalue weighted by atomic mass is 9.68. The number of aromatic nitrogens is 1. The first kappa shape index (κ1) is 15.9. The van der Waals surface area contributed by atoms with Crippen molar-refractivity contribution in [2.75, 3.05) is 7.11 Å². The predicted molar refractivity (Wildman–Crippen MR) is 83.6 cm³/mol. The summed E-state index contributed by atoms with van der Waals surface area (Å²) in [4.78, 5) is 4.34. The van der Waals surface area contributed by atoms with E-state index in [1.165, 1.54) is 0 Å². The van der Waals surface area contributed by atoms with Crippen LogP contribution in [-0.2, 0) is 11.2 Å². The molecule has 4 heteroatoms. The molecule has 1 atom stereocenters. The van der Waals surface area contributed by atoms with Gasteiger partial charge in [-0.1, -0.05) is 13.8 Å². The van der Waals surface area contributed by atoms with E-state index >= 15 is 0 Å². The van der Waals surface area contributed by atoms with Crippen LogP contribution in [0.3, 0.4) is 0 Å². The molecule has 1 saturated carbocycles. The summed E-state index contributed by atoms with van der Waals surface area (Å²) in [6.07, 6.45) is 5.81. The maximum atomic E-state index is 10.6. The highest BCUT2D eigenvalue weighted by Crippen LogP contribution is 2.43. The Bertz CT molecular complexity index is 434. The Balaban J connectivity index is 2.06. The van der Waals surface area contributed by atoms with Gasteiger partial charge in [0.25, 0.3) is 0 Å². The Morgan fingerprint density at radius 2 is 1.95 bits per heavy atom. The number of pyridine rings is 1. The Morgan fingerprint density at radius 1 is 1.30 bits per heavy atom. The van der Waals surface area contributed by atoms with Crippen LogP contribution in [0.4, 0.5) is 0 Å². The van der Waals surface area contributed by atoms with Crippen LogP contribution < -0.4 is 0 Å². The van der Waals surface area contributed by atoms with Gasteiger partial charge in [-0.2, -0.15) is 0 Å². The number of hydrogen-bond donors (Lipinski definition) is 1. The van der Waals surface area contributed by atoms with Crippen molar-refractivity contribution in [2.24, 2.45) is 5.41 Å². The molecular weight excluding hydrogens is 318 g/mol. The molecule has 0 radical (unpaired) electrons. The molecule has 0 spiro atoms. The molecule has 0 aromatic carbocycles. The third kappa shape index (κ3) is 3.60. The fraction of sp³-hybridized carbons (Fsp3) is 0.688. The average Bonchev–Trinajstić information content (AvgIpc) is 2.42. The summed E-state index contributed by atoms with van der Waals surface area (Å²) in [6.45, 7) is 4.57. The highest BCUT2D eigenvalue weighted by Gasteiger charge is 2.43. The van der Waals surface area contributed by atoms with Gasteiger partial charge in [0.15, 0.2) is 0 Å². The number of rotatable bonds is 4. The lowest BCUT2D eigenvalue weighted by Crippen LogP contribution is -2.49. The summed E-state index contributed by atoms with van der Waals surface area (Å²) in [6, 6.07) is 3.90. The number of methoxy groups -OCH3 is 1. The maximum absolute atomic E-state index is 10.6. The molecule has 0 aliphatic heterocycles. The second kappa shape index (κ2) is 6.12. The molecule has 1 unspecified atom stereocenters. The summed E-state index contributed by atoms with van der Waals surface area (Å²) < 4.78 is 6.70. The van der Waals surface area contributed by atoms with E-state index in [-0.39, 0.29) is 0 Å². The second-order valence-corrected chi connectivity index (χ2v) is 7.54. The van der Waals surface area contributed by atoms with Crippen LogP contribution in [-0.4, -0.2) is 28.9 Å². The fourth-order valence-corrected chi connectivity index (χ4v) is 3.17. The van der Waals surface area contributed by atoms with E-state index in [0.717, 1.165) is 35.8 Å². The molecule has 1 aliphatic rings. The standard InChI is InChI=1S/C16H24BrNO2/c1-15(2)6-8-16(20-3,9-7-15)14(19)10-13-5-4-12(17)11-18-13/h4-5,11,14,19H,6-10H2,1-3H3. The molecule has 1 aromatic heterocycles. The smallest absolute Gasteiger partial charge is 0.0940 e. The highest BCUT2D eigenvalue weighted by molar-refractivity contribution is 9.10. The largest absolute Gasteiger partial charge is 0.390 e. The van der Waals surface area contributed by atoms with E-state index in [2.05, 4.69) is 34.8 Å². The van der Waals surface area contributed by atoms with Crippen molar-refractivity contribution in [3.63, 3.8) is 0 Å². The van der Waals surface area contributed by atoms with Gasteiger partial charge >= 0.3 is 0 Å². The molecule has 0 saturated heterocycles. The van der Waals surface area contributed by atoms with Gasteiger partial charge in [0, 0.05) is 29.9 Å². The molecule has 1 aromatic rings. The summed E-state index contributed by atoms with van der Waals surface area (Å²) in [5, 5.41) is 10.6. The van der Waals surface area contributed by atoms with Crippen LogP contribution in [0.1, 0.15) is 45.2 Å². The monoisotopic (exact) mass is 341 g/mol. The van der Waals surface area contributed by atoms with Gasteiger partial charge in [-0.3, -0.25) is 4.98 Å². The SMILES string of the molecule is COC1(C(O)Cc2ccc(Br)cn2)CCC(C)(C)CC1. The lowest BCUT2D eigenvalue weighted by Gasteiger charge is -2.45. The van der Waals surface area contributed by atoms with Crippen molar-refractivity contribution in [2.45, 2.75) is 57.7 Å².